The number of amides is 1. The predicted molar refractivity (Wildman–Crippen MR) is 35.9 cm³/mol. The summed E-state index contributed by atoms with van der Waals surface area (Å²) < 4.78 is 0. The molecule has 0 saturated heterocycles. The minimum Gasteiger partial charge on any atom is -0.366 e. The molecular weight excluding hydrogens is 129 g/mol. The third-order valence-corrected chi connectivity index (χ3v) is 0.956. The third kappa shape index (κ3) is 1.31. The fraction of sp³-hybridized carbons (Fsp3) is 0. The Morgan fingerprint density at radius 1 is 1.50 bits per heavy atom. The van der Waals surface area contributed by atoms with E-state index in [0.29, 0.717) is 0 Å². The van der Waals surface area contributed by atoms with E-state index in [2.05, 4.69) is 9.97 Å². The lowest BCUT2D eigenvalue weighted by Crippen LogP contribution is -2.17. The molecule has 0 unspecified atom stereocenters. The molecule has 0 aromatic carbocycles. The maximum atomic E-state index is 10.4. The number of carbonyl (C=O) groups excluding carboxylic acids is 1. The number of aromatic nitrogens is 2. The van der Waals surface area contributed by atoms with Crippen LogP contribution < -0.4 is 11.5 Å². The summed E-state index contributed by atoms with van der Waals surface area (Å²) in [7, 11) is 5.15. The van der Waals surface area contributed by atoms with Crippen molar-refractivity contribution in [1.29, 1.82) is 0 Å². The summed E-state index contributed by atoms with van der Waals surface area (Å²) in [5.74, 6) is -0.556. The van der Waals surface area contributed by atoms with Crippen molar-refractivity contribution in [3.8, 4) is 0 Å². The molecule has 0 aliphatic rings. The van der Waals surface area contributed by atoms with Crippen molar-refractivity contribution >= 4 is 19.5 Å². The van der Waals surface area contributed by atoms with Gasteiger partial charge in [0.2, 0.25) is 0 Å². The molecule has 0 aliphatic carbocycles. The Bertz CT molecular complexity index is 246. The van der Waals surface area contributed by atoms with Crippen LogP contribution in [0.5, 0.6) is 0 Å². The Kier molecular flexibility index (Phi) is 1.66. The second-order valence-corrected chi connectivity index (χ2v) is 1.69. The lowest BCUT2D eigenvalue weighted by Gasteiger charge is -1.92. The Balaban J connectivity index is 3.00. The van der Waals surface area contributed by atoms with Crippen LogP contribution in [0.15, 0.2) is 12.4 Å². The smallest absolute Gasteiger partial charge is 0.251 e. The van der Waals surface area contributed by atoms with Crippen molar-refractivity contribution in [2.75, 3.05) is 0 Å². The summed E-state index contributed by atoms with van der Waals surface area (Å²) >= 11 is 0. The summed E-state index contributed by atoms with van der Waals surface area (Å²) in [6.45, 7) is 0. The van der Waals surface area contributed by atoms with Gasteiger partial charge in [-0.1, -0.05) is 0 Å². The number of hydrogen-bond acceptors (Lipinski definition) is 3. The number of rotatable bonds is 1. The van der Waals surface area contributed by atoms with Crippen molar-refractivity contribution < 1.29 is 4.79 Å². The van der Waals surface area contributed by atoms with Gasteiger partial charge >= 0.3 is 0 Å². The van der Waals surface area contributed by atoms with Crippen LogP contribution in [0.3, 0.4) is 0 Å². The Morgan fingerprint density at radius 3 is 2.40 bits per heavy atom. The van der Waals surface area contributed by atoms with Crippen LogP contribution in [-0.2, 0) is 0 Å². The molecule has 1 heterocycles. The first-order chi connectivity index (χ1) is 4.70. The topological polar surface area (TPSA) is 68.9 Å². The van der Waals surface area contributed by atoms with Gasteiger partial charge in [-0.25, -0.2) is 0 Å². The van der Waals surface area contributed by atoms with Gasteiger partial charge < -0.3 is 5.73 Å². The van der Waals surface area contributed by atoms with Gasteiger partial charge in [-0.05, 0) is 0 Å². The standard InChI is InChI=1S/C5H4BN3O/c6-5-8-1-3(2-9-5)4(7)10/h1-2H,(H2,7,10). The third-order valence-electron chi connectivity index (χ3n) is 0.956. The first kappa shape index (κ1) is 6.73. The van der Waals surface area contributed by atoms with Crippen molar-refractivity contribution in [2.45, 2.75) is 0 Å². The number of carbonyl (C=O) groups is 1. The molecule has 1 aromatic rings. The summed E-state index contributed by atoms with van der Waals surface area (Å²) in [6.07, 6.45) is 2.56. The van der Waals surface area contributed by atoms with Crippen LogP contribution in [0.25, 0.3) is 0 Å². The zero-order valence-corrected chi connectivity index (χ0v) is 5.11. The number of hydrogen-bond donors (Lipinski definition) is 1. The molecule has 1 rings (SSSR count). The van der Waals surface area contributed by atoms with E-state index >= 15 is 0 Å². The van der Waals surface area contributed by atoms with Gasteiger partial charge in [-0.2, -0.15) is 0 Å². The molecule has 0 spiro atoms. The van der Waals surface area contributed by atoms with E-state index in [0.717, 1.165) is 0 Å². The molecule has 4 nitrogen and oxygen atoms in total. The van der Waals surface area contributed by atoms with Crippen molar-refractivity contribution in [2.24, 2.45) is 5.73 Å². The van der Waals surface area contributed by atoms with E-state index < -0.39 is 5.91 Å². The SMILES string of the molecule is [B]c1ncc(C(N)=O)cn1. The Morgan fingerprint density at radius 2 is 2.00 bits per heavy atom. The highest BCUT2D eigenvalue weighted by atomic mass is 16.1. The molecule has 0 saturated carbocycles. The van der Waals surface area contributed by atoms with Crippen LogP contribution in [-0.4, -0.2) is 23.7 Å². The van der Waals surface area contributed by atoms with Crippen LogP contribution in [0.2, 0.25) is 0 Å². The number of nitrogens with two attached hydrogens (primary N) is 1. The summed E-state index contributed by atoms with van der Waals surface area (Å²) in [5, 5.41) is 0. The van der Waals surface area contributed by atoms with Crippen LogP contribution in [0.1, 0.15) is 10.4 Å². The second-order valence-electron chi connectivity index (χ2n) is 1.69. The van der Waals surface area contributed by atoms with Crippen molar-refractivity contribution in [3.63, 3.8) is 0 Å². The van der Waals surface area contributed by atoms with Gasteiger partial charge in [-0.3, -0.25) is 14.8 Å². The highest BCUT2D eigenvalue weighted by molar-refractivity contribution is 6.28. The fourth-order valence-corrected chi connectivity index (χ4v) is 0.465. The molecule has 1 amide bonds. The normalized spacial score (nSPS) is 9.20. The molecule has 2 N–H and O–H groups in total. The van der Waals surface area contributed by atoms with Gasteiger partial charge in [0, 0.05) is 12.4 Å². The summed E-state index contributed by atoms with van der Waals surface area (Å²) in [4.78, 5) is 17.5. The molecule has 48 valence electrons. The van der Waals surface area contributed by atoms with Crippen molar-refractivity contribution in [1.82, 2.24) is 9.97 Å². The van der Waals surface area contributed by atoms with E-state index in [9.17, 15) is 4.79 Å². The minimum atomic E-state index is -0.556. The molecule has 0 atom stereocenters. The summed E-state index contributed by atoms with van der Waals surface area (Å²) in [6, 6.07) is 0. The lowest BCUT2D eigenvalue weighted by atomic mass is 10.1. The zero-order valence-electron chi connectivity index (χ0n) is 5.11. The van der Waals surface area contributed by atoms with Crippen LogP contribution in [0, 0.1) is 0 Å². The minimum absolute atomic E-state index is 0.130. The number of primary amides is 1. The quantitative estimate of drug-likeness (QED) is 0.467. The molecule has 1 aromatic heterocycles. The molecule has 5 heteroatoms. The van der Waals surface area contributed by atoms with Gasteiger partial charge in [0.1, 0.15) is 0 Å². The van der Waals surface area contributed by atoms with E-state index in [1.54, 1.807) is 0 Å². The molecule has 0 bridgehead atoms. The van der Waals surface area contributed by atoms with Gasteiger partial charge in [0.15, 0.2) is 7.85 Å². The maximum absolute atomic E-state index is 10.4. The van der Waals surface area contributed by atoms with E-state index in [4.69, 9.17) is 13.6 Å². The highest BCUT2D eigenvalue weighted by Gasteiger charge is 1.98. The first-order valence-electron chi connectivity index (χ1n) is 2.57. The molecule has 0 fully saturated rings. The largest absolute Gasteiger partial charge is 0.366 e. The molecule has 2 radical (unpaired) electrons. The van der Waals surface area contributed by atoms with Gasteiger partial charge in [0.25, 0.3) is 5.91 Å². The lowest BCUT2D eigenvalue weighted by molar-refractivity contribution is 0.0999. The second kappa shape index (κ2) is 2.47. The molecular formula is C5H4BN3O. The highest BCUT2D eigenvalue weighted by Crippen LogP contribution is 1.86. The fourth-order valence-electron chi connectivity index (χ4n) is 0.465. The average Bonchev–Trinajstić information content (AvgIpc) is 1.88. The summed E-state index contributed by atoms with van der Waals surface area (Å²) in [5.41, 5.74) is 5.29. The zero-order chi connectivity index (χ0) is 7.56. The van der Waals surface area contributed by atoms with Crippen LogP contribution >= 0.6 is 0 Å². The monoisotopic (exact) mass is 133 g/mol. The Hall–Kier alpha value is -1.39. The molecule has 0 aliphatic heterocycles. The van der Waals surface area contributed by atoms with Crippen LogP contribution in [0.4, 0.5) is 0 Å². The average molecular weight is 133 g/mol. The van der Waals surface area contributed by atoms with Crippen molar-refractivity contribution in [3.05, 3.63) is 18.0 Å². The van der Waals surface area contributed by atoms with E-state index in [1.807, 2.05) is 0 Å². The van der Waals surface area contributed by atoms with E-state index in [-0.39, 0.29) is 11.3 Å². The molecule has 10 heavy (non-hydrogen) atoms. The van der Waals surface area contributed by atoms with E-state index in [1.165, 1.54) is 12.4 Å². The van der Waals surface area contributed by atoms with Gasteiger partial charge in [-0.15, -0.1) is 0 Å². The number of nitrogens with zero attached hydrogens (tertiary/aromatic N) is 2. The predicted octanol–water partition coefficient (Wildman–Crippen LogP) is -1.63. The maximum Gasteiger partial charge on any atom is 0.251 e. The van der Waals surface area contributed by atoms with Gasteiger partial charge in [0.05, 0.1) is 11.3 Å². The first-order valence-corrected chi connectivity index (χ1v) is 2.57. The Labute approximate surface area is 58.9 Å².